The summed E-state index contributed by atoms with van der Waals surface area (Å²) in [6, 6.07) is 17.3. The Morgan fingerprint density at radius 2 is 1.79 bits per heavy atom. The summed E-state index contributed by atoms with van der Waals surface area (Å²) in [6.45, 7) is 0.544. The van der Waals surface area contributed by atoms with Crippen molar-refractivity contribution in [3.63, 3.8) is 0 Å². The SMILES string of the molecule is Cl.Cn1cc(C[C@@H](NCc2ccccc2)C(=O)O)c2ccccc21. The number of nitrogens with one attached hydrogen (secondary N) is 1. The van der Waals surface area contributed by atoms with Crippen LogP contribution in [0, 0.1) is 0 Å². The van der Waals surface area contributed by atoms with E-state index in [1.165, 1.54) is 0 Å². The maximum atomic E-state index is 11.6. The monoisotopic (exact) mass is 344 g/mol. The van der Waals surface area contributed by atoms with Gasteiger partial charge in [-0.05, 0) is 17.2 Å². The summed E-state index contributed by atoms with van der Waals surface area (Å²) in [5.74, 6) is -0.825. The third-order valence-electron chi connectivity index (χ3n) is 4.10. The van der Waals surface area contributed by atoms with Crippen LogP contribution in [-0.4, -0.2) is 21.7 Å². The van der Waals surface area contributed by atoms with Crippen LogP contribution in [-0.2, 0) is 24.8 Å². The fourth-order valence-electron chi connectivity index (χ4n) is 2.89. The molecule has 2 N–H and O–H groups in total. The van der Waals surface area contributed by atoms with E-state index in [4.69, 9.17) is 0 Å². The molecule has 0 saturated heterocycles. The van der Waals surface area contributed by atoms with Crippen LogP contribution in [0.2, 0.25) is 0 Å². The first-order chi connectivity index (χ1) is 11.1. The topological polar surface area (TPSA) is 54.3 Å². The summed E-state index contributed by atoms with van der Waals surface area (Å²) in [4.78, 5) is 11.6. The molecule has 1 aromatic heterocycles. The van der Waals surface area contributed by atoms with Gasteiger partial charge in [-0.3, -0.25) is 4.79 Å². The van der Waals surface area contributed by atoms with E-state index < -0.39 is 12.0 Å². The first kappa shape index (κ1) is 18.0. The summed E-state index contributed by atoms with van der Waals surface area (Å²) in [6.07, 6.45) is 2.48. The van der Waals surface area contributed by atoms with Gasteiger partial charge in [-0.2, -0.15) is 0 Å². The minimum atomic E-state index is -0.825. The van der Waals surface area contributed by atoms with Crippen molar-refractivity contribution in [2.24, 2.45) is 7.05 Å². The molecule has 1 atom stereocenters. The first-order valence-corrected chi connectivity index (χ1v) is 7.68. The van der Waals surface area contributed by atoms with Gasteiger partial charge in [-0.1, -0.05) is 48.5 Å². The van der Waals surface area contributed by atoms with Gasteiger partial charge in [0.2, 0.25) is 0 Å². The van der Waals surface area contributed by atoms with Crippen molar-refractivity contribution in [3.8, 4) is 0 Å². The minimum absolute atomic E-state index is 0. The summed E-state index contributed by atoms with van der Waals surface area (Å²) in [7, 11) is 1.99. The second kappa shape index (κ2) is 7.99. The number of para-hydroxylation sites is 1. The Balaban J connectivity index is 0.00000208. The number of aromatic nitrogens is 1. The van der Waals surface area contributed by atoms with Crippen LogP contribution in [0.5, 0.6) is 0 Å². The maximum Gasteiger partial charge on any atom is 0.321 e. The van der Waals surface area contributed by atoms with E-state index >= 15 is 0 Å². The Labute approximate surface area is 147 Å². The highest BCUT2D eigenvalue weighted by molar-refractivity contribution is 5.85. The molecule has 3 rings (SSSR count). The van der Waals surface area contributed by atoms with Crippen LogP contribution in [0.25, 0.3) is 10.9 Å². The predicted octanol–water partition coefficient (Wildman–Crippen LogP) is 3.39. The van der Waals surface area contributed by atoms with E-state index in [-0.39, 0.29) is 12.4 Å². The van der Waals surface area contributed by atoms with Gasteiger partial charge in [-0.15, -0.1) is 12.4 Å². The Bertz CT molecular complexity index is 815. The predicted molar refractivity (Wildman–Crippen MR) is 98.6 cm³/mol. The van der Waals surface area contributed by atoms with Crippen LogP contribution in [0.3, 0.4) is 0 Å². The molecule has 24 heavy (non-hydrogen) atoms. The highest BCUT2D eigenvalue weighted by Gasteiger charge is 2.19. The minimum Gasteiger partial charge on any atom is -0.480 e. The van der Waals surface area contributed by atoms with Crippen LogP contribution in [0.1, 0.15) is 11.1 Å². The third kappa shape index (κ3) is 3.96. The number of hydrogen-bond donors (Lipinski definition) is 2. The van der Waals surface area contributed by atoms with Crippen molar-refractivity contribution in [1.82, 2.24) is 9.88 Å². The van der Waals surface area contributed by atoms with E-state index in [1.54, 1.807) is 0 Å². The lowest BCUT2D eigenvalue weighted by molar-refractivity contribution is -0.139. The third-order valence-corrected chi connectivity index (χ3v) is 4.10. The highest BCUT2D eigenvalue weighted by atomic mass is 35.5. The molecule has 126 valence electrons. The smallest absolute Gasteiger partial charge is 0.321 e. The molecule has 0 amide bonds. The van der Waals surface area contributed by atoms with Crippen molar-refractivity contribution < 1.29 is 9.90 Å². The Morgan fingerprint density at radius 1 is 1.12 bits per heavy atom. The average Bonchev–Trinajstić information content (AvgIpc) is 2.88. The molecule has 0 bridgehead atoms. The van der Waals surface area contributed by atoms with Crippen LogP contribution in [0.15, 0.2) is 60.8 Å². The van der Waals surface area contributed by atoms with E-state index in [0.717, 1.165) is 22.0 Å². The lowest BCUT2D eigenvalue weighted by atomic mass is 10.0. The second-order valence-electron chi connectivity index (χ2n) is 5.74. The normalized spacial score (nSPS) is 11.9. The number of fused-ring (bicyclic) bond motifs is 1. The van der Waals surface area contributed by atoms with Gasteiger partial charge in [0.1, 0.15) is 6.04 Å². The molecule has 0 radical (unpaired) electrons. The van der Waals surface area contributed by atoms with Gasteiger partial charge in [0.15, 0.2) is 0 Å². The van der Waals surface area contributed by atoms with Gasteiger partial charge in [0.25, 0.3) is 0 Å². The van der Waals surface area contributed by atoms with Crippen LogP contribution in [0.4, 0.5) is 0 Å². The summed E-state index contributed by atoms with van der Waals surface area (Å²) < 4.78 is 2.04. The van der Waals surface area contributed by atoms with E-state index in [9.17, 15) is 9.90 Å². The van der Waals surface area contributed by atoms with Crippen molar-refractivity contribution >= 4 is 29.3 Å². The number of carboxylic acid groups (broad SMARTS) is 1. The molecule has 3 aromatic rings. The molecule has 0 spiro atoms. The molecular weight excluding hydrogens is 324 g/mol. The first-order valence-electron chi connectivity index (χ1n) is 7.68. The Kier molecular flexibility index (Phi) is 6.01. The zero-order chi connectivity index (χ0) is 16.2. The number of aryl methyl sites for hydroxylation is 1. The van der Waals surface area contributed by atoms with Crippen molar-refractivity contribution in [2.45, 2.75) is 19.0 Å². The fraction of sp³-hybridized carbons (Fsp3) is 0.211. The van der Waals surface area contributed by atoms with E-state index in [0.29, 0.717) is 13.0 Å². The maximum absolute atomic E-state index is 11.6. The van der Waals surface area contributed by atoms with Gasteiger partial charge in [-0.25, -0.2) is 0 Å². The number of carboxylic acids is 1. The van der Waals surface area contributed by atoms with E-state index in [1.807, 2.05) is 72.4 Å². The molecule has 1 heterocycles. The highest BCUT2D eigenvalue weighted by Crippen LogP contribution is 2.21. The number of halogens is 1. The summed E-state index contributed by atoms with van der Waals surface area (Å²) >= 11 is 0. The molecule has 5 heteroatoms. The zero-order valence-corrected chi connectivity index (χ0v) is 14.3. The quantitative estimate of drug-likeness (QED) is 0.720. The van der Waals surface area contributed by atoms with Crippen molar-refractivity contribution in [1.29, 1.82) is 0 Å². The molecule has 0 saturated carbocycles. The fourth-order valence-corrected chi connectivity index (χ4v) is 2.89. The largest absolute Gasteiger partial charge is 0.480 e. The van der Waals surface area contributed by atoms with Gasteiger partial charge in [0.05, 0.1) is 0 Å². The number of aliphatic carboxylic acids is 1. The summed E-state index contributed by atoms with van der Waals surface area (Å²) in [5, 5.41) is 13.8. The number of rotatable bonds is 6. The number of nitrogens with zero attached hydrogens (tertiary/aromatic N) is 1. The van der Waals surface area contributed by atoms with Gasteiger partial charge >= 0.3 is 5.97 Å². The Morgan fingerprint density at radius 3 is 2.50 bits per heavy atom. The molecule has 0 unspecified atom stereocenters. The molecule has 2 aromatic carbocycles. The Hall–Kier alpha value is -2.30. The lowest BCUT2D eigenvalue weighted by Gasteiger charge is -2.14. The standard InChI is InChI=1S/C19H20N2O2.ClH/c1-21-13-15(16-9-5-6-10-18(16)21)11-17(19(22)23)20-12-14-7-3-2-4-8-14;/h2-10,13,17,20H,11-12H2,1H3,(H,22,23);1H/t17-;/m1./s1. The van der Waals surface area contributed by atoms with Crippen LogP contribution < -0.4 is 5.32 Å². The molecule has 0 aliphatic heterocycles. The van der Waals surface area contributed by atoms with E-state index in [2.05, 4.69) is 5.32 Å². The molecular formula is C19H21ClN2O2. The second-order valence-corrected chi connectivity index (χ2v) is 5.74. The zero-order valence-electron chi connectivity index (χ0n) is 13.5. The molecule has 0 aliphatic carbocycles. The number of benzene rings is 2. The number of carbonyl (C=O) groups is 1. The van der Waals surface area contributed by atoms with Gasteiger partial charge in [0, 0.05) is 37.1 Å². The average molecular weight is 345 g/mol. The lowest BCUT2D eigenvalue weighted by Crippen LogP contribution is -2.38. The molecule has 4 nitrogen and oxygen atoms in total. The van der Waals surface area contributed by atoms with Crippen molar-refractivity contribution in [2.75, 3.05) is 0 Å². The van der Waals surface area contributed by atoms with Crippen molar-refractivity contribution in [3.05, 3.63) is 71.9 Å². The van der Waals surface area contributed by atoms with Gasteiger partial charge < -0.3 is 15.0 Å². The molecule has 0 aliphatic rings. The number of hydrogen-bond acceptors (Lipinski definition) is 2. The molecule has 0 fully saturated rings. The summed E-state index contributed by atoms with van der Waals surface area (Å²) in [5.41, 5.74) is 3.25. The van der Waals surface area contributed by atoms with Crippen LogP contribution >= 0.6 is 12.4 Å².